The molecule has 0 amide bonds. The first-order valence-corrected chi connectivity index (χ1v) is 7.23. The Morgan fingerprint density at radius 1 is 1.15 bits per heavy atom. The third-order valence-electron chi connectivity index (χ3n) is 4.97. The Morgan fingerprint density at radius 3 is 2.60 bits per heavy atom. The standard InChI is InChI=1S/C16H17FN2O/c17-12-5-3-10(4-6-12)14-15(19-20-16(14)18)13-8-9-1-2-11(13)7-9/h3-6,9,11,13H,1-2,7-8,18H2. The smallest absolute Gasteiger partial charge is 0.230 e. The Balaban J connectivity index is 1.76. The van der Waals surface area contributed by atoms with Gasteiger partial charge in [-0.1, -0.05) is 23.7 Å². The van der Waals surface area contributed by atoms with E-state index in [0.717, 1.165) is 22.7 Å². The van der Waals surface area contributed by atoms with Gasteiger partial charge < -0.3 is 10.3 Å². The van der Waals surface area contributed by atoms with Crippen LogP contribution in [0.15, 0.2) is 28.8 Å². The summed E-state index contributed by atoms with van der Waals surface area (Å²) in [6, 6.07) is 6.39. The van der Waals surface area contributed by atoms with Crippen molar-refractivity contribution in [2.75, 3.05) is 5.73 Å². The van der Waals surface area contributed by atoms with Gasteiger partial charge in [0.25, 0.3) is 0 Å². The molecule has 3 nitrogen and oxygen atoms in total. The number of anilines is 1. The number of hydrogen-bond acceptors (Lipinski definition) is 3. The molecule has 2 saturated carbocycles. The van der Waals surface area contributed by atoms with Crippen LogP contribution in [-0.2, 0) is 0 Å². The van der Waals surface area contributed by atoms with E-state index >= 15 is 0 Å². The lowest BCUT2D eigenvalue weighted by atomic mass is 9.84. The molecule has 2 aliphatic rings. The molecule has 2 fully saturated rings. The van der Waals surface area contributed by atoms with Crippen LogP contribution in [0.3, 0.4) is 0 Å². The van der Waals surface area contributed by atoms with E-state index in [9.17, 15) is 4.39 Å². The number of rotatable bonds is 2. The predicted molar refractivity (Wildman–Crippen MR) is 74.5 cm³/mol. The van der Waals surface area contributed by atoms with Crippen LogP contribution in [0.1, 0.15) is 37.3 Å². The fourth-order valence-corrected chi connectivity index (χ4v) is 4.06. The molecule has 2 aromatic rings. The maximum Gasteiger partial charge on any atom is 0.230 e. The average Bonchev–Trinajstić information content (AvgIpc) is 3.14. The molecule has 4 rings (SSSR count). The van der Waals surface area contributed by atoms with Gasteiger partial charge in [-0.05, 0) is 48.8 Å². The number of nitrogen functional groups attached to an aromatic ring is 1. The molecule has 2 N–H and O–H groups in total. The van der Waals surface area contributed by atoms with E-state index in [1.54, 1.807) is 12.1 Å². The summed E-state index contributed by atoms with van der Waals surface area (Å²) < 4.78 is 18.3. The number of fused-ring (bicyclic) bond motifs is 2. The Morgan fingerprint density at radius 2 is 1.95 bits per heavy atom. The second-order valence-corrected chi connectivity index (χ2v) is 6.10. The molecule has 3 unspecified atom stereocenters. The molecule has 1 heterocycles. The number of benzene rings is 1. The number of aromatic nitrogens is 1. The predicted octanol–water partition coefficient (Wildman–Crippen LogP) is 3.97. The zero-order chi connectivity index (χ0) is 13.7. The van der Waals surface area contributed by atoms with E-state index in [-0.39, 0.29) is 5.82 Å². The highest BCUT2D eigenvalue weighted by Gasteiger charge is 2.43. The Kier molecular flexibility index (Phi) is 2.59. The summed E-state index contributed by atoms with van der Waals surface area (Å²) in [4.78, 5) is 0. The van der Waals surface area contributed by atoms with Gasteiger partial charge in [-0.3, -0.25) is 0 Å². The second kappa shape index (κ2) is 4.33. The van der Waals surface area contributed by atoms with Gasteiger partial charge in [0, 0.05) is 5.92 Å². The van der Waals surface area contributed by atoms with Crippen LogP contribution in [-0.4, -0.2) is 5.16 Å². The lowest BCUT2D eigenvalue weighted by Crippen LogP contribution is -2.10. The van der Waals surface area contributed by atoms with E-state index < -0.39 is 0 Å². The molecular weight excluding hydrogens is 255 g/mol. The molecule has 20 heavy (non-hydrogen) atoms. The van der Waals surface area contributed by atoms with E-state index in [1.807, 2.05) is 0 Å². The SMILES string of the molecule is Nc1onc(C2CC3CCC2C3)c1-c1ccc(F)cc1. The number of nitrogens with two attached hydrogens (primary N) is 1. The Labute approximate surface area is 117 Å². The maximum atomic E-state index is 13.1. The maximum absolute atomic E-state index is 13.1. The van der Waals surface area contributed by atoms with Gasteiger partial charge in [0.2, 0.25) is 5.88 Å². The lowest BCUT2D eigenvalue weighted by molar-refractivity contribution is 0.375. The van der Waals surface area contributed by atoms with E-state index in [0.29, 0.717) is 17.7 Å². The van der Waals surface area contributed by atoms with Crippen molar-refractivity contribution in [3.63, 3.8) is 0 Å². The molecule has 104 valence electrons. The molecule has 3 atom stereocenters. The molecule has 1 aromatic heterocycles. The topological polar surface area (TPSA) is 52.0 Å². The number of nitrogens with zero attached hydrogens (tertiary/aromatic N) is 1. The largest absolute Gasteiger partial charge is 0.367 e. The molecule has 0 spiro atoms. The van der Waals surface area contributed by atoms with Crippen LogP contribution in [0, 0.1) is 17.7 Å². The zero-order valence-electron chi connectivity index (χ0n) is 11.2. The van der Waals surface area contributed by atoms with Crippen molar-refractivity contribution >= 4 is 5.88 Å². The van der Waals surface area contributed by atoms with Gasteiger partial charge in [0.1, 0.15) is 5.82 Å². The first-order valence-electron chi connectivity index (χ1n) is 7.23. The Bertz CT molecular complexity index is 634. The summed E-state index contributed by atoms with van der Waals surface area (Å²) in [5, 5.41) is 4.22. The van der Waals surface area contributed by atoms with E-state index in [4.69, 9.17) is 10.3 Å². The third kappa shape index (κ3) is 1.74. The first-order chi connectivity index (χ1) is 9.72. The van der Waals surface area contributed by atoms with Crippen molar-refractivity contribution in [1.82, 2.24) is 5.16 Å². The third-order valence-corrected chi connectivity index (χ3v) is 4.97. The average molecular weight is 272 g/mol. The van der Waals surface area contributed by atoms with Crippen molar-refractivity contribution in [1.29, 1.82) is 0 Å². The highest BCUT2D eigenvalue weighted by Crippen LogP contribution is 2.54. The fraction of sp³-hybridized carbons (Fsp3) is 0.438. The van der Waals surface area contributed by atoms with Crippen molar-refractivity contribution in [2.24, 2.45) is 11.8 Å². The van der Waals surface area contributed by atoms with Crippen molar-refractivity contribution in [3.05, 3.63) is 35.8 Å². The van der Waals surface area contributed by atoms with Crippen molar-refractivity contribution in [2.45, 2.75) is 31.6 Å². The zero-order valence-corrected chi connectivity index (χ0v) is 11.2. The molecule has 0 radical (unpaired) electrons. The number of halogens is 1. The van der Waals surface area contributed by atoms with Crippen molar-refractivity contribution in [3.8, 4) is 11.1 Å². The van der Waals surface area contributed by atoms with Crippen LogP contribution in [0.4, 0.5) is 10.3 Å². The summed E-state index contributed by atoms with van der Waals surface area (Å²) in [6.45, 7) is 0. The number of hydrogen-bond donors (Lipinski definition) is 1. The quantitative estimate of drug-likeness (QED) is 0.900. The molecule has 0 aliphatic heterocycles. The van der Waals surface area contributed by atoms with E-state index in [1.165, 1.54) is 37.8 Å². The molecule has 4 heteroatoms. The monoisotopic (exact) mass is 272 g/mol. The minimum atomic E-state index is -0.245. The second-order valence-electron chi connectivity index (χ2n) is 6.10. The van der Waals surface area contributed by atoms with Crippen LogP contribution < -0.4 is 5.73 Å². The molecule has 2 bridgehead atoms. The van der Waals surface area contributed by atoms with Gasteiger partial charge in [0.15, 0.2) is 0 Å². The Hall–Kier alpha value is -1.84. The van der Waals surface area contributed by atoms with E-state index in [2.05, 4.69) is 5.16 Å². The van der Waals surface area contributed by atoms with Gasteiger partial charge in [-0.2, -0.15) is 0 Å². The van der Waals surface area contributed by atoms with Crippen molar-refractivity contribution < 1.29 is 8.91 Å². The van der Waals surface area contributed by atoms with Crippen LogP contribution in [0.2, 0.25) is 0 Å². The van der Waals surface area contributed by atoms with Gasteiger partial charge in [0.05, 0.1) is 11.3 Å². The lowest BCUT2D eigenvalue weighted by Gasteiger charge is -2.20. The molecular formula is C16H17FN2O. The molecule has 2 aliphatic carbocycles. The summed E-state index contributed by atoms with van der Waals surface area (Å²) in [5.41, 5.74) is 8.68. The summed E-state index contributed by atoms with van der Waals surface area (Å²) in [6.07, 6.45) is 5.12. The van der Waals surface area contributed by atoms with Crippen LogP contribution >= 0.6 is 0 Å². The molecule has 1 aromatic carbocycles. The van der Waals surface area contributed by atoms with Gasteiger partial charge in [-0.15, -0.1) is 0 Å². The minimum Gasteiger partial charge on any atom is -0.367 e. The first kappa shape index (κ1) is 11.9. The summed E-state index contributed by atoms with van der Waals surface area (Å²) >= 11 is 0. The van der Waals surface area contributed by atoms with Gasteiger partial charge >= 0.3 is 0 Å². The highest BCUT2D eigenvalue weighted by atomic mass is 19.1. The molecule has 0 saturated heterocycles. The summed E-state index contributed by atoms with van der Waals surface area (Å²) in [7, 11) is 0. The highest BCUT2D eigenvalue weighted by molar-refractivity contribution is 5.75. The van der Waals surface area contributed by atoms with Crippen LogP contribution in [0.5, 0.6) is 0 Å². The fourth-order valence-electron chi connectivity index (χ4n) is 4.06. The van der Waals surface area contributed by atoms with Crippen LogP contribution in [0.25, 0.3) is 11.1 Å². The van der Waals surface area contributed by atoms with Gasteiger partial charge in [-0.25, -0.2) is 4.39 Å². The summed E-state index contributed by atoms with van der Waals surface area (Å²) in [5.74, 6) is 2.10. The normalized spacial score (nSPS) is 28.1. The minimum absolute atomic E-state index is 0.245.